The second-order valence-electron chi connectivity index (χ2n) is 6.68. The first-order valence-electron chi connectivity index (χ1n) is 9.32. The maximum absolute atomic E-state index is 12.5. The number of aryl methyl sites for hydroxylation is 1. The van der Waals surface area contributed by atoms with Gasteiger partial charge in [-0.3, -0.25) is 4.79 Å². The van der Waals surface area contributed by atoms with Crippen molar-refractivity contribution < 1.29 is 9.53 Å². The molecule has 1 N–H and O–H groups in total. The van der Waals surface area contributed by atoms with Crippen LogP contribution in [0.25, 0.3) is 16.9 Å². The van der Waals surface area contributed by atoms with Crippen molar-refractivity contribution in [2.75, 3.05) is 5.32 Å². The van der Waals surface area contributed by atoms with Crippen LogP contribution in [0, 0.1) is 6.92 Å². The number of amides is 1. The first-order chi connectivity index (χ1) is 15.1. The van der Waals surface area contributed by atoms with E-state index in [9.17, 15) is 4.79 Å². The van der Waals surface area contributed by atoms with Gasteiger partial charge in [0.1, 0.15) is 16.8 Å². The van der Waals surface area contributed by atoms with E-state index in [0.717, 1.165) is 22.9 Å². The van der Waals surface area contributed by atoms with Crippen molar-refractivity contribution in [1.82, 2.24) is 28.7 Å². The van der Waals surface area contributed by atoms with E-state index in [4.69, 9.17) is 4.74 Å². The van der Waals surface area contributed by atoms with Crippen LogP contribution in [-0.2, 0) is 0 Å². The third-order valence-electron chi connectivity index (χ3n) is 4.43. The molecule has 0 spiro atoms. The second-order valence-corrected chi connectivity index (χ2v) is 7.21. The Bertz CT molecular complexity index is 1360. The van der Waals surface area contributed by atoms with E-state index in [1.807, 2.05) is 19.2 Å². The fourth-order valence-electron chi connectivity index (χ4n) is 2.89. The standard InChI is InChI=1S/C21H15N7O2S/c1-13-10-11-28(25-13)19-8-9-20(24-23-19)30-16-5-3-15(4-6-16)22-21(29)14-2-7-17-18(12-14)27-31-26-17/h2-12H,1H3,(H,22,29). The Balaban J connectivity index is 1.24. The highest BCUT2D eigenvalue weighted by Crippen LogP contribution is 2.22. The van der Waals surface area contributed by atoms with E-state index >= 15 is 0 Å². The van der Waals surface area contributed by atoms with Crippen LogP contribution in [0.15, 0.2) is 66.9 Å². The third-order valence-corrected chi connectivity index (χ3v) is 4.99. The summed E-state index contributed by atoms with van der Waals surface area (Å²) >= 11 is 1.12. The van der Waals surface area contributed by atoms with E-state index in [0.29, 0.717) is 34.2 Å². The first-order valence-corrected chi connectivity index (χ1v) is 10.0. The highest BCUT2D eigenvalue weighted by molar-refractivity contribution is 7.00. The lowest BCUT2D eigenvalue weighted by Gasteiger charge is -2.08. The predicted molar refractivity (Wildman–Crippen MR) is 116 cm³/mol. The average molecular weight is 429 g/mol. The summed E-state index contributed by atoms with van der Waals surface area (Å²) in [6.07, 6.45) is 1.82. The Kier molecular flexibility index (Phi) is 4.81. The third kappa shape index (κ3) is 4.09. The minimum absolute atomic E-state index is 0.223. The molecule has 152 valence electrons. The quantitative estimate of drug-likeness (QED) is 0.449. The minimum Gasteiger partial charge on any atom is -0.438 e. The summed E-state index contributed by atoms with van der Waals surface area (Å²) in [5, 5.41) is 15.4. The lowest BCUT2D eigenvalue weighted by Crippen LogP contribution is -2.11. The highest BCUT2D eigenvalue weighted by Gasteiger charge is 2.09. The molecule has 0 unspecified atom stereocenters. The van der Waals surface area contributed by atoms with E-state index < -0.39 is 0 Å². The number of rotatable bonds is 5. The molecule has 3 heterocycles. The molecule has 0 aliphatic heterocycles. The molecule has 5 aromatic rings. The van der Waals surface area contributed by atoms with Crippen LogP contribution in [0.2, 0.25) is 0 Å². The first kappa shape index (κ1) is 18.8. The van der Waals surface area contributed by atoms with Gasteiger partial charge in [0, 0.05) is 23.5 Å². The van der Waals surface area contributed by atoms with Gasteiger partial charge in [-0.25, -0.2) is 4.68 Å². The van der Waals surface area contributed by atoms with Gasteiger partial charge in [-0.05, 0) is 61.5 Å². The van der Waals surface area contributed by atoms with Gasteiger partial charge in [0.25, 0.3) is 5.91 Å². The topological polar surface area (TPSA) is 108 Å². The Labute approximate surface area is 180 Å². The maximum atomic E-state index is 12.5. The molecular formula is C21H15N7O2S. The van der Waals surface area contributed by atoms with Gasteiger partial charge in [-0.2, -0.15) is 13.8 Å². The number of hydrogen-bond donors (Lipinski definition) is 1. The van der Waals surface area contributed by atoms with E-state index in [1.54, 1.807) is 59.3 Å². The molecule has 9 nitrogen and oxygen atoms in total. The lowest BCUT2D eigenvalue weighted by molar-refractivity contribution is 0.102. The van der Waals surface area contributed by atoms with Crippen molar-refractivity contribution >= 4 is 34.4 Å². The molecular weight excluding hydrogens is 414 g/mol. The fourth-order valence-corrected chi connectivity index (χ4v) is 3.40. The second kappa shape index (κ2) is 7.92. The van der Waals surface area contributed by atoms with Gasteiger partial charge in [0.05, 0.1) is 17.4 Å². The van der Waals surface area contributed by atoms with Crippen molar-refractivity contribution in [3.05, 3.63) is 78.1 Å². The number of hydrogen-bond acceptors (Lipinski definition) is 8. The summed E-state index contributed by atoms with van der Waals surface area (Å²) in [6.45, 7) is 1.91. The smallest absolute Gasteiger partial charge is 0.255 e. The number of carbonyl (C=O) groups is 1. The Morgan fingerprint density at radius 2 is 1.81 bits per heavy atom. The van der Waals surface area contributed by atoms with Crippen molar-refractivity contribution in [2.24, 2.45) is 0 Å². The molecule has 0 atom stereocenters. The Hall–Kier alpha value is -4.18. The molecule has 10 heteroatoms. The predicted octanol–water partition coefficient (Wildman–Crippen LogP) is 4.02. The highest BCUT2D eigenvalue weighted by atomic mass is 32.1. The molecule has 2 aromatic carbocycles. The molecule has 0 saturated heterocycles. The summed E-state index contributed by atoms with van der Waals surface area (Å²) in [6, 6.07) is 17.6. The monoisotopic (exact) mass is 429 g/mol. The average Bonchev–Trinajstić information content (AvgIpc) is 3.44. The molecule has 31 heavy (non-hydrogen) atoms. The summed E-state index contributed by atoms with van der Waals surface area (Å²) in [5.41, 5.74) is 3.54. The number of nitrogens with zero attached hydrogens (tertiary/aromatic N) is 6. The molecule has 0 radical (unpaired) electrons. The van der Waals surface area contributed by atoms with Crippen molar-refractivity contribution in [2.45, 2.75) is 6.92 Å². The van der Waals surface area contributed by atoms with Gasteiger partial charge in [-0.1, -0.05) is 0 Å². The summed E-state index contributed by atoms with van der Waals surface area (Å²) in [7, 11) is 0. The van der Waals surface area contributed by atoms with Crippen molar-refractivity contribution in [3.63, 3.8) is 0 Å². The maximum Gasteiger partial charge on any atom is 0.255 e. The molecule has 0 fully saturated rings. The van der Waals surface area contributed by atoms with Crippen LogP contribution in [0.5, 0.6) is 11.6 Å². The molecule has 0 bridgehead atoms. The Morgan fingerprint density at radius 1 is 0.968 bits per heavy atom. The minimum atomic E-state index is -0.223. The normalized spacial score (nSPS) is 10.9. The largest absolute Gasteiger partial charge is 0.438 e. The summed E-state index contributed by atoms with van der Waals surface area (Å²) in [5.74, 6) is 1.31. The number of ether oxygens (including phenoxy) is 1. The van der Waals surface area contributed by atoms with E-state index in [2.05, 4.69) is 29.4 Å². The zero-order valence-electron chi connectivity index (χ0n) is 16.3. The number of fused-ring (bicyclic) bond motifs is 1. The van der Waals surface area contributed by atoms with Gasteiger partial charge < -0.3 is 10.1 Å². The number of nitrogens with one attached hydrogen (secondary N) is 1. The van der Waals surface area contributed by atoms with E-state index in [1.165, 1.54) is 0 Å². The van der Waals surface area contributed by atoms with Crippen LogP contribution >= 0.6 is 11.7 Å². The van der Waals surface area contributed by atoms with Crippen LogP contribution < -0.4 is 10.1 Å². The Morgan fingerprint density at radius 3 is 2.55 bits per heavy atom. The number of benzene rings is 2. The van der Waals surface area contributed by atoms with Crippen LogP contribution in [-0.4, -0.2) is 34.6 Å². The van der Waals surface area contributed by atoms with E-state index in [-0.39, 0.29) is 5.91 Å². The van der Waals surface area contributed by atoms with Crippen molar-refractivity contribution in [1.29, 1.82) is 0 Å². The summed E-state index contributed by atoms with van der Waals surface area (Å²) in [4.78, 5) is 12.5. The van der Waals surface area contributed by atoms with Crippen LogP contribution in [0.4, 0.5) is 5.69 Å². The molecule has 0 saturated carbocycles. The fraction of sp³-hybridized carbons (Fsp3) is 0.0476. The van der Waals surface area contributed by atoms with Crippen molar-refractivity contribution in [3.8, 4) is 17.4 Å². The summed E-state index contributed by atoms with van der Waals surface area (Å²) < 4.78 is 15.7. The number of aromatic nitrogens is 6. The van der Waals surface area contributed by atoms with Crippen LogP contribution in [0.1, 0.15) is 16.1 Å². The molecule has 5 rings (SSSR count). The van der Waals surface area contributed by atoms with Gasteiger partial charge >= 0.3 is 0 Å². The van der Waals surface area contributed by atoms with Gasteiger partial charge in [0.2, 0.25) is 5.88 Å². The zero-order valence-corrected chi connectivity index (χ0v) is 17.1. The lowest BCUT2D eigenvalue weighted by atomic mass is 10.2. The van der Waals surface area contributed by atoms with Crippen LogP contribution in [0.3, 0.4) is 0 Å². The SMILES string of the molecule is Cc1ccn(-c2ccc(Oc3ccc(NC(=O)c4ccc5nsnc5c4)cc3)nn2)n1. The van der Waals surface area contributed by atoms with Gasteiger partial charge in [0.15, 0.2) is 5.82 Å². The molecule has 0 aliphatic rings. The number of carbonyl (C=O) groups excluding carboxylic acids is 1. The molecule has 3 aromatic heterocycles. The molecule has 0 aliphatic carbocycles. The molecule has 1 amide bonds. The zero-order chi connectivity index (χ0) is 21.2. The van der Waals surface area contributed by atoms with Gasteiger partial charge in [-0.15, -0.1) is 10.2 Å². The number of anilines is 1.